The fraction of sp³-hybridized carbons (Fsp3) is 0.939. The second-order valence-electron chi connectivity index (χ2n) is 17.0. The molecule has 3 atom stereocenters. The number of nitrogens with one attached hydrogen (secondary N) is 1. The second-order valence-corrected chi connectivity index (χ2v) is 17.0. The van der Waals surface area contributed by atoms with E-state index < -0.39 is 18.2 Å². The highest BCUT2D eigenvalue weighted by Gasteiger charge is 2.26. The molecule has 1 amide bonds. The Balaban J connectivity index is 3.58. The summed E-state index contributed by atoms with van der Waals surface area (Å²) in [5.41, 5.74) is 0. The predicted octanol–water partition coefficient (Wildman–Crippen LogP) is 14.4. The normalized spacial score (nSPS) is 13.5. The molecule has 0 aliphatic heterocycles. The molecule has 0 aromatic rings. The molecule has 0 aliphatic rings. The Morgan fingerprint density at radius 3 is 1.07 bits per heavy atom. The van der Waals surface area contributed by atoms with Gasteiger partial charge in [0.05, 0.1) is 18.8 Å². The number of hydrogen-bond donors (Lipinski definition) is 4. The Hall–Kier alpha value is -0.910. The van der Waals surface area contributed by atoms with Gasteiger partial charge in [-0.25, -0.2) is 0 Å². The van der Waals surface area contributed by atoms with Gasteiger partial charge in [-0.1, -0.05) is 238 Å². The molecular formula is C49H97NO4. The zero-order valence-corrected chi connectivity index (χ0v) is 36.6. The Kier molecular flexibility index (Phi) is 44.0. The molecule has 0 bridgehead atoms. The van der Waals surface area contributed by atoms with Crippen LogP contribution in [0.2, 0.25) is 0 Å². The number of rotatable bonds is 45. The van der Waals surface area contributed by atoms with Gasteiger partial charge in [0.1, 0.15) is 6.10 Å². The van der Waals surface area contributed by atoms with Gasteiger partial charge in [-0.3, -0.25) is 4.79 Å². The number of aliphatic hydroxyl groups excluding tert-OH is 3. The fourth-order valence-corrected chi connectivity index (χ4v) is 7.81. The van der Waals surface area contributed by atoms with E-state index in [9.17, 15) is 20.1 Å². The maximum absolute atomic E-state index is 12.4. The summed E-state index contributed by atoms with van der Waals surface area (Å²) in [6.07, 6.45) is 53.4. The Morgan fingerprint density at radius 1 is 0.444 bits per heavy atom. The molecule has 4 N–H and O–H groups in total. The molecule has 322 valence electrons. The molecule has 3 unspecified atom stereocenters. The molecule has 0 fully saturated rings. The molecule has 0 saturated heterocycles. The predicted molar refractivity (Wildman–Crippen MR) is 236 cm³/mol. The van der Waals surface area contributed by atoms with E-state index in [1.54, 1.807) is 0 Å². The molecule has 0 saturated carbocycles. The van der Waals surface area contributed by atoms with Crippen molar-refractivity contribution >= 4 is 5.91 Å². The standard InChI is InChI=1S/C49H97NO4/c1-3-5-7-9-11-13-15-17-19-21-22-23-24-25-26-27-28-29-31-33-35-37-39-41-43-47(52)49(54)46(45-51)50-48(53)44-42-40-38-36-34-32-30-20-18-16-14-12-10-8-6-4-2/h35,37,46-47,49,51-52,54H,3-34,36,38-45H2,1-2H3,(H,50,53)/b37-35+. The second kappa shape index (κ2) is 44.8. The molecule has 0 spiro atoms. The Morgan fingerprint density at radius 2 is 0.741 bits per heavy atom. The van der Waals surface area contributed by atoms with Crippen molar-refractivity contribution in [1.82, 2.24) is 5.32 Å². The lowest BCUT2D eigenvalue weighted by Gasteiger charge is -2.26. The summed E-state index contributed by atoms with van der Waals surface area (Å²) in [5, 5.41) is 33.6. The maximum Gasteiger partial charge on any atom is 0.220 e. The quantitative estimate of drug-likeness (QED) is 0.0367. The van der Waals surface area contributed by atoms with Gasteiger partial charge in [-0.2, -0.15) is 0 Å². The van der Waals surface area contributed by atoms with Crippen molar-refractivity contribution in [2.24, 2.45) is 0 Å². The van der Waals surface area contributed by atoms with E-state index in [0.717, 1.165) is 38.5 Å². The molecule has 0 radical (unpaired) electrons. The molecule has 5 nitrogen and oxygen atoms in total. The van der Waals surface area contributed by atoms with Crippen LogP contribution in [0.3, 0.4) is 0 Å². The number of aliphatic hydroxyl groups is 3. The van der Waals surface area contributed by atoms with Gasteiger partial charge in [0, 0.05) is 6.42 Å². The number of amides is 1. The monoisotopic (exact) mass is 764 g/mol. The van der Waals surface area contributed by atoms with Crippen molar-refractivity contribution in [3.05, 3.63) is 12.2 Å². The van der Waals surface area contributed by atoms with Gasteiger partial charge in [-0.15, -0.1) is 0 Å². The minimum atomic E-state index is -1.15. The molecule has 0 aromatic carbocycles. The van der Waals surface area contributed by atoms with Crippen molar-refractivity contribution in [1.29, 1.82) is 0 Å². The summed E-state index contributed by atoms with van der Waals surface area (Å²) in [6.45, 7) is 4.19. The van der Waals surface area contributed by atoms with Crippen molar-refractivity contribution < 1.29 is 20.1 Å². The Bertz CT molecular complexity index is 758. The van der Waals surface area contributed by atoms with E-state index in [2.05, 4.69) is 31.3 Å². The highest BCUT2D eigenvalue weighted by atomic mass is 16.3. The number of allylic oxidation sites excluding steroid dienone is 2. The van der Waals surface area contributed by atoms with Crippen LogP contribution in [0.4, 0.5) is 0 Å². The first-order valence-electron chi connectivity index (χ1n) is 24.5. The highest BCUT2D eigenvalue weighted by Crippen LogP contribution is 2.17. The first-order chi connectivity index (χ1) is 26.6. The third-order valence-electron chi connectivity index (χ3n) is 11.6. The van der Waals surface area contributed by atoms with Crippen LogP contribution in [0.5, 0.6) is 0 Å². The molecule has 5 heteroatoms. The van der Waals surface area contributed by atoms with Gasteiger partial charge in [0.2, 0.25) is 5.91 Å². The van der Waals surface area contributed by atoms with Crippen LogP contribution in [0.25, 0.3) is 0 Å². The van der Waals surface area contributed by atoms with Gasteiger partial charge >= 0.3 is 0 Å². The van der Waals surface area contributed by atoms with Gasteiger partial charge in [0.15, 0.2) is 0 Å². The van der Waals surface area contributed by atoms with Gasteiger partial charge < -0.3 is 20.6 Å². The summed E-state index contributed by atoms with van der Waals surface area (Å²) < 4.78 is 0. The van der Waals surface area contributed by atoms with Crippen LogP contribution >= 0.6 is 0 Å². The number of carbonyl (C=O) groups is 1. The smallest absolute Gasteiger partial charge is 0.220 e. The fourth-order valence-electron chi connectivity index (χ4n) is 7.81. The summed E-state index contributed by atoms with van der Waals surface area (Å²) in [7, 11) is 0. The average Bonchev–Trinajstić information content (AvgIpc) is 3.18. The molecule has 0 rings (SSSR count). The van der Waals surface area contributed by atoms with Crippen molar-refractivity contribution in [3.8, 4) is 0 Å². The van der Waals surface area contributed by atoms with Crippen molar-refractivity contribution in [2.75, 3.05) is 6.61 Å². The molecule has 54 heavy (non-hydrogen) atoms. The third-order valence-corrected chi connectivity index (χ3v) is 11.6. The van der Waals surface area contributed by atoms with Crippen LogP contribution in [-0.2, 0) is 4.79 Å². The molecular weight excluding hydrogens is 667 g/mol. The van der Waals surface area contributed by atoms with E-state index in [1.165, 1.54) is 205 Å². The topological polar surface area (TPSA) is 89.8 Å². The van der Waals surface area contributed by atoms with E-state index in [1.807, 2.05) is 0 Å². The minimum absolute atomic E-state index is 0.150. The largest absolute Gasteiger partial charge is 0.394 e. The summed E-state index contributed by atoms with van der Waals surface area (Å²) in [5.74, 6) is -0.150. The summed E-state index contributed by atoms with van der Waals surface area (Å²) in [4.78, 5) is 12.4. The SMILES string of the molecule is CCCCCCCCCCCCCCCCCCCCC/C=C/CCCC(O)C(O)C(CO)NC(=O)CCCCCCCCCCCCCCCCCC. The molecule has 0 aromatic heterocycles. The summed E-state index contributed by atoms with van der Waals surface area (Å²) in [6, 6.07) is -0.821. The average molecular weight is 764 g/mol. The van der Waals surface area contributed by atoms with Crippen LogP contribution in [0.15, 0.2) is 12.2 Å². The van der Waals surface area contributed by atoms with Crippen molar-refractivity contribution in [2.45, 2.75) is 289 Å². The first-order valence-corrected chi connectivity index (χ1v) is 24.5. The van der Waals surface area contributed by atoms with Crippen LogP contribution in [-0.4, -0.2) is 46.1 Å². The first kappa shape index (κ1) is 53.1. The number of unbranched alkanes of at least 4 members (excludes halogenated alkanes) is 35. The van der Waals surface area contributed by atoms with Gasteiger partial charge in [-0.05, 0) is 38.5 Å². The van der Waals surface area contributed by atoms with Crippen LogP contribution in [0.1, 0.15) is 271 Å². The zero-order chi connectivity index (χ0) is 39.4. The summed E-state index contributed by atoms with van der Waals surface area (Å²) >= 11 is 0. The zero-order valence-electron chi connectivity index (χ0n) is 36.6. The van der Waals surface area contributed by atoms with Crippen LogP contribution in [0, 0.1) is 0 Å². The lowest BCUT2D eigenvalue weighted by atomic mass is 10.0. The lowest BCUT2D eigenvalue weighted by molar-refractivity contribution is -0.124. The van der Waals surface area contributed by atoms with Crippen LogP contribution < -0.4 is 5.32 Å². The Labute approximate surface area is 338 Å². The van der Waals surface area contributed by atoms with E-state index in [-0.39, 0.29) is 12.5 Å². The number of hydrogen-bond acceptors (Lipinski definition) is 4. The van der Waals surface area contributed by atoms with Gasteiger partial charge in [0.25, 0.3) is 0 Å². The van der Waals surface area contributed by atoms with E-state index in [0.29, 0.717) is 12.8 Å². The molecule has 0 aliphatic carbocycles. The molecule has 0 heterocycles. The number of carbonyl (C=O) groups excluding carboxylic acids is 1. The highest BCUT2D eigenvalue weighted by molar-refractivity contribution is 5.76. The third kappa shape index (κ3) is 39.3. The lowest BCUT2D eigenvalue weighted by Crippen LogP contribution is -2.50. The maximum atomic E-state index is 12.4. The van der Waals surface area contributed by atoms with Crippen molar-refractivity contribution in [3.63, 3.8) is 0 Å². The van der Waals surface area contributed by atoms with E-state index in [4.69, 9.17) is 0 Å². The van der Waals surface area contributed by atoms with E-state index >= 15 is 0 Å². The minimum Gasteiger partial charge on any atom is -0.394 e.